The summed E-state index contributed by atoms with van der Waals surface area (Å²) in [5.41, 5.74) is 3.18. The van der Waals surface area contributed by atoms with Crippen LogP contribution in [0.3, 0.4) is 0 Å². The molecule has 0 bridgehead atoms. The molecule has 1 fully saturated rings. The third-order valence-corrected chi connectivity index (χ3v) is 5.04. The fraction of sp³-hybridized carbons (Fsp3) is 0.571. The summed E-state index contributed by atoms with van der Waals surface area (Å²) in [5, 5.41) is 4.58. The highest BCUT2D eigenvalue weighted by atomic mass is 35.5. The van der Waals surface area contributed by atoms with Gasteiger partial charge in [0.05, 0.1) is 0 Å². The third kappa shape index (κ3) is 1.18. The molecule has 0 aromatic heterocycles. The van der Waals surface area contributed by atoms with Crippen LogP contribution in [0.4, 0.5) is 5.69 Å². The van der Waals surface area contributed by atoms with E-state index in [2.05, 4.69) is 31.3 Å². The van der Waals surface area contributed by atoms with Gasteiger partial charge in [-0.05, 0) is 43.5 Å². The Labute approximate surface area is 102 Å². The minimum absolute atomic E-state index is 0.221. The van der Waals surface area contributed by atoms with Gasteiger partial charge < -0.3 is 5.32 Å². The monoisotopic (exact) mass is 235 g/mol. The van der Waals surface area contributed by atoms with E-state index in [1.54, 1.807) is 0 Å². The van der Waals surface area contributed by atoms with Crippen LogP contribution in [-0.4, -0.2) is 5.54 Å². The summed E-state index contributed by atoms with van der Waals surface area (Å²) in [4.78, 5) is 0. The summed E-state index contributed by atoms with van der Waals surface area (Å²) >= 11 is 6.13. The van der Waals surface area contributed by atoms with Crippen LogP contribution in [0.15, 0.2) is 18.2 Å². The first kappa shape index (κ1) is 10.5. The molecule has 1 aromatic rings. The van der Waals surface area contributed by atoms with Gasteiger partial charge in [0, 0.05) is 21.7 Å². The fourth-order valence-electron chi connectivity index (χ4n) is 3.52. The van der Waals surface area contributed by atoms with Crippen molar-refractivity contribution in [2.45, 2.75) is 50.5 Å². The molecule has 2 aliphatic rings. The summed E-state index contributed by atoms with van der Waals surface area (Å²) < 4.78 is 0. The number of anilines is 1. The van der Waals surface area contributed by atoms with Gasteiger partial charge in [-0.25, -0.2) is 0 Å². The van der Waals surface area contributed by atoms with E-state index in [0.29, 0.717) is 0 Å². The van der Waals surface area contributed by atoms with E-state index >= 15 is 0 Å². The summed E-state index contributed by atoms with van der Waals surface area (Å²) in [6, 6.07) is 6.27. The molecule has 2 atom stereocenters. The summed E-state index contributed by atoms with van der Waals surface area (Å²) in [6.07, 6.45) is 5.19. The van der Waals surface area contributed by atoms with Gasteiger partial charge in [0.25, 0.3) is 0 Å². The average Bonchev–Trinajstić information content (AvgIpc) is 2.47. The molecule has 0 saturated heterocycles. The maximum atomic E-state index is 6.13. The molecule has 0 spiro atoms. The van der Waals surface area contributed by atoms with Crippen molar-refractivity contribution in [1.29, 1.82) is 0 Å². The molecule has 1 aromatic carbocycles. The maximum absolute atomic E-state index is 6.13. The third-order valence-electron chi connectivity index (χ3n) is 4.81. The minimum atomic E-state index is 0.221. The second-order valence-corrected chi connectivity index (χ2v) is 6.12. The number of benzene rings is 1. The van der Waals surface area contributed by atoms with Crippen molar-refractivity contribution < 1.29 is 0 Å². The van der Waals surface area contributed by atoms with Gasteiger partial charge >= 0.3 is 0 Å². The lowest BCUT2D eigenvalue weighted by Gasteiger charge is -2.45. The minimum Gasteiger partial charge on any atom is -0.379 e. The molecule has 86 valence electrons. The molecule has 1 N–H and O–H groups in total. The van der Waals surface area contributed by atoms with Crippen molar-refractivity contribution >= 4 is 17.3 Å². The molecule has 1 nitrogen and oxygen atoms in total. The van der Waals surface area contributed by atoms with Crippen LogP contribution in [-0.2, 0) is 5.41 Å². The van der Waals surface area contributed by atoms with E-state index in [-0.39, 0.29) is 11.0 Å². The van der Waals surface area contributed by atoms with Gasteiger partial charge in [-0.15, -0.1) is 0 Å². The molecular formula is C14H18ClN. The van der Waals surface area contributed by atoms with Crippen LogP contribution in [0.25, 0.3) is 0 Å². The van der Waals surface area contributed by atoms with E-state index in [1.165, 1.54) is 36.9 Å². The van der Waals surface area contributed by atoms with E-state index in [9.17, 15) is 0 Å². The van der Waals surface area contributed by atoms with Crippen molar-refractivity contribution in [2.75, 3.05) is 5.32 Å². The van der Waals surface area contributed by atoms with Crippen LogP contribution < -0.4 is 5.32 Å². The zero-order valence-corrected chi connectivity index (χ0v) is 10.7. The number of nitrogens with one attached hydrogen (secondary N) is 1. The lowest BCUT2D eigenvalue weighted by molar-refractivity contribution is 0.214. The zero-order valence-electron chi connectivity index (χ0n) is 9.94. The molecule has 2 heteroatoms. The molecule has 2 unspecified atom stereocenters. The molecule has 1 heterocycles. The molecule has 0 radical (unpaired) electrons. The topological polar surface area (TPSA) is 12.0 Å². The first-order valence-corrected chi connectivity index (χ1v) is 6.51. The van der Waals surface area contributed by atoms with E-state index < -0.39 is 0 Å². The van der Waals surface area contributed by atoms with Gasteiger partial charge in [-0.1, -0.05) is 31.4 Å². The second kappa shape index (κ2) is 3.16. The van der Waals surface area contributed by atoms with Gasteiger partial charge in [-0.2, -0.15) is 0 Å². The Morgan fingerprint density at radius 1 is 1.19 bits per heavy atom. The average molecular weight is 236 g/mol. The second-order valence-electron chi connectivity index (χ2n) is 5.69. The molecule has 1 aliphatic carbocycles. The number of rotatable bonds is 0. The number of halogens is 1. The van der Waals surface area contributed by atoms with Gasteiger partial charge in [0.1, 0.15) is 0 Å². The summed E-state index contributed by atoms with van der Waals surface area (Å²) in [5.74, 6) is 0. The predicted octanol–water partition coefficient (Wildman–Crippen LogP) is 4.36. The van der Waals surface area contributed by atoms with Gasteiger partial charge in [-0.3, -0.25) is 0 Å². The SMILES string of the molecule is CC12CCCCC1(C)c1cc(Cl)ccc1N2. The number of hydrogen-bond acceptors (Lipinski definition) is 1. The largest absolute Gasteiger partial charge is 0.379 e. The van der Waals surface area contributed by atoms with Crippen LogP contribution in [0.1, 0.15) is 45.1 Å². The van der Waals surface area contributed by atoms with Crippen molar-refractivity contribution in [1.82, 2.24) is 0 Å². The van der Waals surface area contributed by atoms with Gasteiger partial charge in [0.15, 0.2) is 0 Å². The Kier molecular flexibility index (Phi) is 2.07. The standard InChI is InChI=1S/C14H18ClN/c1-13-7-3-4-8-14(13,2)16-12-6-5-10(15)9-11(12)13/h5-6,9,16H,3-4,7-8H2,1-2H3. The molecular weight excluding hydrogens is 218 g/mol. The fourth-order valence-corrected chi connectivity index (χ4v) is 3.69. The summed E-state index contributed by atoms with van der Waals surface area (Å²) in [6.45, 7) is 4.75. The Hall–Kier alpha value is -0.690. The van der Waals surface area contributed by atoms with Crippen molar-refractivity contribution in [2.24, 2.45) is 0 Å². The Morgan fingerprint density at radius 2 is 1.94 bits per heavy atom. The van der Waals surface area contributed by atoms with E-state index in [4.69, 9.17) is 11.6 Å². The lowest BCUT2D eigenvalue weighted by atomic mass is 9.62. The molecule has 0 amide bonds. The van der Waals surface area contributed by atoms with E-state index in [1.807, 2.05) is 6.07 Å². The molecule has 16 heavy (non-hydrogen) atoms. The number of fused-ring (bicyclic) bond motifs is 3. The smallest absolute Gasteiger partial charge is 0.0440 e. The molecule has 1 saturated carbocycles. The highest BCUT2D eigenvalue weighted by Crippen LogP contribution is 2.55. The van der Waals surface area contributed by atoms with Crippen molar-refractivity contribution in [3.63, 3.8) is 0 Å². The highest BCUT2D eigenvalue weighted by molar-refractivity contribution is 6.30. The van der Waals surface area contributed by atoms with Crippen LogP contribution in [0.2, 0.25) is 5.02 Å². The molecule has 3 rings (SSSR count). The van der Waals surface area contributed by atoms with Gasteiger partial charge in [0.2, 0.25) is 0 Å². The quantitative estimate of drug-likeness (QED) is 0.705. The summed E-state index contributed by atoms with van der Waals surface area (Å²) in [7, 11) is 0. The highest BCUT2D eigenvalue weighted by Gasteiger charge is 2.52. The molecule has 1 aliphatic heterocycles. The van der Waals surface area contributed by atoms with Crippen LogP contribution in [0, 0.1) is 0 Å². The normalized spacial score (nSPS) is 36.4. The van der Waals surface area contributed by atoms with Crippen molar-refractivity contribution in [3.8, 4) is 0 Å². The maximum Gasteiger partial charge on any atom is 0.0440 e. The Bertz CT molecular complexity index is 442. The Morgan fingerprint density at radius 3 is 2.75 bits per heavy atom. The lowest BCUT2D eigenvalue weighted by Crippen LogP contribution is -2.50. The van der Waals surface area contributed by atoms with Crippen LogP contribution >= 0.6 is 11.6 Å². The number of hydrogen-bond donors (Lipinski definition) is 1. The zero-order chi connectivity index (χ0) is 11.4. The van der Waals surface area contributed by atoms with Crippen molar-refractivity contribution in [3.05, 3.63) is 28.8 Å². The van der Waals surface area contributed by atoms with E-state index in [0.717, 1.165) is 5.02 Å². The first-order valence-electron chi connectivity index (χ1n) is 6.13. The Balaban J connectivity index is 2.17. The van der Waals surface area contributed by atoms with Crippen LogP contribution in [0.5, 0.6) is 0 Å². The predicted molar refractivity (Wildman–Crippen MR) is 69.3 cm³/mol. The first-order chi connectivity index (χ1) is 7.55.